The van der Waals surface area contributed by atoms with Crippen LogP contribution in [0.3, 0.4) is 0 Å². The van der Waals surface area contributed by atoms with Crippen molar-refractivity contribution in [2.24, 2.45) is 13.0 Å². The van der Waals surface area contributed by atoms with Crippen molar-refractivity contribution >= 4 is 22.8 Å². The van der Waals surface area contributed by atoms with Gasteiger partial charge in [0, 0.05) is 39.6 Å². The predicted molar refractivity (Wildman–Crippen MR) is 112 cm³/mol. The monoisotopic (exact) mass is 398 g/mol. The molecule has 0 unspecified atom stereocenters. The molecule has 29 heavy (non-hydrogen) atoms. The summed E-state index contributed by atoms with van der Waals surface area (Å²) in [5, 5.41) is 0. The minimum absolute atomic E-state index is 0.0375. The second-order valence-electron chi connectivity index (χ2n) is 8.37. The molecule has 2 fully saturated rings. The maximum absolute atomic E-state index is 12.8. The summed E-state index contributed by atoms with van der Waals surface area (Å²) < 4.78 is 3.11. The van der Waals surface area contributed by atoms with Crippen LogP contribution in [-0.2, 0) is 23.2 Å². The number of carbonyl (C=O) groups is 2. The normalized spacial score (nSPS) is 18.0. The molecule has 1 saturated heterocycles. The van der Waals surface area contributed by atoms with Crippen molar-refractivity contribution in [3.05, 3.63) is 34.7 Å². The highest BCUT2D eigenvalue weighted by Gasteiger charge is 2.26. The number of carbonyl (C=O) groups excluding carboxylic acids is 2. The van der Waals surface area contributed by atoms with Crippen molar-refractivity contribution in [2.45, 2.75) is 45.1 Å². The third-order valence-corrected chi connectivity index (χ3v) is 6.57. The predicted octanol–water partition coefficient (Wildman–Crippen LogP) is 1.98. The van der Waals surface area contributed by atoms with Gasteiger partial charge < -0.3 is 9.80 Å². The maximum atomic E-state index is 12.8. The lowest BCUT2D eigenvalue weighted by Crippen LogP contribution is -2.51. The van der Waals surface area contributed by atoms with Gasteiger partial charge in [0.05, 0.1) is 11.0 Å². The van der Waals surface area contributed by atoms with Crippen molar-refractivity contribution in [3.8, 4) is 0 Å². The molecular formula is C22H30N4O3. The molecule has 1 aromatic heterocycles. The molecule has 1 aliphatic carbocycles. The van der Waals surface area contributed by atoms with Gasteiger partial charge in [-0.1, -0.05) is 37.8 Å². The number of benzene rings is 1. The highest BCUT2D eigenvalue weighted by Crippen LogP contribution is 2.28. The van der Waals surface area contributed by atoms with Crippen LogP contribution in [0.25, 0.3) is 11.0 Å². The minimum Gasteiger partial charge on any atom is -0.339 e. The molecule has 2 aromatic rings. The van der Waals surface area contributed by atoms with E-state index >= 15 is 0 Å². The zero-order chi connectivity index (χ0) is 20.4. The number of nitrogens with zero attached hydrogens (tertiary/aromatic N) is 4. The molecule has 1 aromatic carbocycles. The Morgan fingerprint density at radius 3 is 2.17 bits per heavy atom. The number of imidazole rings is 1. The molecule has 156 valence electrons. The summed E-state index contributed by atoms with van der Waals surface area (Å²) in [6, 6.07) is 7.51. The molecule has 0 bridgehead atoms. The summed E-state index contributed by atoms with van der Waals surface area (Å²) in [6.07, 6.45) is 6.77. The molecule has 0 spiro atoms. The first-order valence-corrected chi connectivity index (χ1v) is 10.7. The Labute approximate surface area is 170 Å². The van der Waals surface area contributed by atoms with Crippen molar-refractivity contribution in [1.29, 1.82) is 0 Å². The van der Waals surface area contributed by atoms with Crippen LogP contribution in [0.5, 0.6) is 0 Å². The number of fused-ring (bicyclic) bond motifs is 1. The average molecular weight is 399 g/mol. The summed E-state index contributed by atoms with van der Waals surface area (Å²) in [4.78, 5) is 41.5. The van der Waals surface area contributed by atoms with E-state index in [9.17, 15) is 14.4 Å². The number of aryl methyl sites for hydroxylation is 1. The standard InChI is InChI=1S/C22H30N4O3/c1-23-18-8-4-5-9-19(18)26(22(23)29)16-21(28)25-14-12-24(13-15-25)20(27)11-10-17-6-2-3-7-17/h4-5,8-9,17H,2-3,6-7,10-16H2,1H3. The van der Waals surface area contributed by atoms with Crippen molar-refractivity contribution in [3.63, 3.8) is 0 Å². The molecular weight excluding hydrogens is 368 g/mol. The van der Waals surface area contributed by atoms with E-state index in [0.29, 0.717) is 32.6 Å². The summed E-state index contributed by atoms with van der Waals surface area (Å²) >= 11 is 0. The zero-order valence-corrected chi connectivity index (χ0v) is 17.2. The Bertz CT molecular complexity index is 947. The fourth-order valence-electron chi connectivity index (χ4n) is 4.74. The van der Waals surface area contributed by atoms with Crippen molar-refractivity contribution in [1.82, 2.24) is 18.9 Å². The Hall–Kier alpha value is -2.57. The van der Waals surface area contributed by atoms with Crippen LogP contribution in [0, 0.1) is 5.92 Å². The van der Waals surface area contributed by atoms with Crippen LogP contribution < -0.4 is 5.69 Å². The second-order valence-corrected chi connectivity index (χ2v) is 8.37. The van der Waals surface area contributed by atoms with E-state index in [1.54, 1.807) is 16.5 Å². The van der Waals surface area contributed by atoms with Crippen LogP contribution in [-0.4, -0.2) is 56.9 Å². The van der Waals surface area contributed by atoms with Gasteiger partial charge in [-0.15, -0.1) is 0 Å². The molecule has 0 atom stereocenters. The van der Waals surface area contributed by atoms with Gasteiger partial charge in [0.25, 0.3) is 0 Å². The first-order valence-electron chi connectivity index (χ1n) is 10.7. The van der Waals surface area contributed by atoms with Gasteiger partial charge in [-0.25, -0.2) is 4.79 Å². The molecule has 2 aliphatic rings. The van der Waals surface area contributed by atoms with Crippen LogP contribution in [0.4, 0.5) is 0 Å². The third kappa shape index (κ3) is 4.09. The quantitative estimate of drug-likeness (QED) is 0.774. The van der Waals surface area contributed by atoms with E-state index < -0.39 is 0 Å². The molecule has 2 amide bonds. The number of amides is 2. The van der Waals surface area contributed by atoms with Crippen molar-refractivity contribution < 1.29 is 9.59 Å². The van der Waals surface area contributed by atoms with Crippen LogP contribution in [0.15, 0.2) is 29.1 Å². The van der Waals surface area contributed by atoms with E-state index in [1.807, 2.05) is 29.2 Å². The molecule has 7 nitrogen and oxygen atoms in total. The molecule has 7 heteroatoms. The highest BCUT2D eigenvalue weighted by atomic mass is 16.2. The van der Waals surface area contributed by atoms with Gasteiger partial charge in [-0.05, 0) is 24.5 Å². The van der Waals surface area contributed by atoms with E-state index in [4.69, 9.17) is 0 Å². The topological polar surface area (TPSA) is 67.6 Å². The summed E-state index contributed by atoms with van der Waals surface area (Å²) in [5.41, 5.74) is 1.41. The van der Waals surface area contributed by atoms with Crippen molar-refractivity contribution in [2.75, 3.05) is 26.2 Å². The molecule has 1 aliphatic heterocycles. The van der Waals surface area contributed by atoms with E-state index in [1.165, 1.54) is 30.3 Å². The molecule has 0 radical (unpaired) electrons. The van der Waals surface area contributed by atoms with E-state index in [0.717, 1.165) is 23.4 Å². The first-order chi connectivity index (χ1) is 14.0. The summed E-state index contributed by atoms with van der Waals surface area (Å²) in [7, 11) is 1.72. The van der Waals surface area contributed by atoms with Gasteiger partial charge in [0.2, 0.25) is 11.8 Å². The van der Waals surface area contributed by atoms with Crippen LogP contribution in [0.2, 0.25) is 0 Å². The lowest BCUT2D eigenvalue weighted by Gasteiger charge is -2.35. The average Bonchev–Trinajstić information content (AvgIpc) is 3.35. The minimum atomic E-state index is -0.180. The Morgan fingerprint density at radius 2 is 1.52 bits per heavy atom. The van der Waals surface area contributed by atoms with Gasteiger partial charge in [-0.3, -0.25) is 18.7 Å². The van der Waals surface area contributed by atoms with Gasteiger partial charge >= 0.3 is 5.69 Å². The molecule has 2 heterocycles. The SMILES string of the molecule is Cn1c(=O)n(CC(=O)N2CCN(C(=O)CCC3CCCC3)CC2)c2ccccc21. The summed E-state index contributed by atoms with van der Waals surface area (Å²) in [6.45, 7) is 2.27. The number of piperazine rings is 1. The number of para-hydroxylation sites is 2. The maximum Gasteiger partial charge on any atom is 0.329 e. The number of hydrogen-bond donors (Lipinski definition) is 0. The Balaban J connectivity index is 1.32. The van der Waals surface area contributed by atoms with E-state index in [-0.39, 0.29) is 24.0 Å². The second kappa shape index (κ2) is 8.43. The van der Waals surface area contributed by atoms with Gasteiger partial charge in [-0.2, -0.15) is 0 Å². The number of aromatic nitrogens is 2. The van der Waals surface area contributed by atoms with Gasteiger partial charge in [0.1, 0.15) is 6.54 Å². The zero-order valence-electron chi connectivity index (χ0n) is 17.2. The Morgan fingerprint density at radius 1 is 0.931 bits per heavy atom. The highest BCUT2D eigenvalue weighted by molar-refractivity contribution is 5.81. The lowest BCUT2D eigenvalue weighted by atomic mass is 10.0. The number of rotatable bonds is 5. The third-order valence-electron chi connectivity index (χ3n) is 6.57. The molecule has 0 N–H and O–H groups in total. The summed E-state index contributed by atoms with van der Waals surface area (Å²) in [5.74, 6) is 0.872. The molecule has 1 saturated carbocycles. The van der Waals surface area contributed by atoms with Crippen LogP contribution in [0.1, 0.15) is 38.5 Å². The number of hydrogen-bond acceptors (Lipinski definition) is 3. The fraction of sp³-hybridized carbons (Fsp3) is 0.591. The van der Waals surface area contributed by atoms with E-state index in [2.05, 4.69) is 0 Å². The van der Waals surface area contributed by atoms with Gasteiger partial charge in [0.15, 0.2) is 0 Å². The first kappa shape index (κ1) is 19.7. The van der Waals surface area contributed by atoms with Crippen LogP contribution >= 0.6 is 0 Å². The molecule has 4 rings (SSSR count). The lowest BCUT2D eigenvalue weighted by molar-refractivity contribution is -0.140. The largest absolute Gasteiger partial charge is 0.339 e. The fourth-order valence-corrected chi connectivity index (χ4v) is 4.74. The Kier molecular flexibility index (Phi) is 5.74. The smallest absolute Gasteiger partial charge is 0.329 e.